The van der Waals surface area contributed by atoms with Crippen LogP contribution in [-0.2, 0) is 0 Å². The molecule has 0 aliphatic rings. The molecule has 0 aliphatic carbocycles. The Bertz CT molecular complexity index is 2480. The van der Waals surface area contributed by atoms with Crippen molar-refractivity contribution in [2.75, 3.05) is 0 Å². The predicted molar refractivity (Wildman–Crippen MR) is 188 cm³/mol. The fourth-order valence-electron chi connectivity index (χ4n) is 6.52. The Hall–Kier alpha value is -5.44. The van der Waals surface area contributed by atoms with Gasteiger partial charge in [-0.2, -0.15) is 0 Å². The van der Waals surface area contributed by atoms with Gasteiger partial charge in [-0.25, -0.2) is 0 Å². The highest BCUT2D eigenvalue weighted by Crippen LogP contribution is 2.45. The van der Waals surface area contributed by atoms with Crippen molar-refractivity contribution in [3.63, 3.8) is 0 Å². The van der Waals surface area contributed by atoms with Crippen LogP contribution in [0.1, 0.15) is 0 Å². The number of benzene rings is 7. The monoisotopic (exact) mass is 578 g/mol. The summed E-state index contributed by atoms with van der Waals surface area (Å²) in [6, 6.07) is 56.7. The molecule has 2 heterocycles. The van der Waals surface area contributed by atoms with Crippen molar-refractivity contribution in [2.45, 2.75) is 0 Å². The van der Waals surface area contributed by atoms with Crippen LogP contribution >= 0.6 is 11.3 Å². The van der Waals surface area contributed by atoms with E-state index in [0.717, 1.165) is 21.9 Å². The number of furan rings is 1. The Morgan fingerprint density at radius 3 is 1.57 bits per heavy atom. The van der Waals surface area contributed by atoms with Crippen LogP contribution in [0.15, 0.2) is 162 Å². The lowest BCUT2D eigenvalue weighted by Crippen LogP contribution is -1.83. The third-order valence-corrected chi connectivity index (χ3v) is 10.00. The van der Waals surface area contributed by atoms with Gasteiger partial charge >= 0.3 is 0 Å². The van der Waals surface area contributed by atoms with E-state index < -0.39 is 0 Å². The van der Waals surface area contributed by atoms with Crippen LogP contribution in [0, 0.1) is 0 Å². The maximum absolute atomic E-state index is 6.11. The van der Waals surface area contributed by atoms with Gasteiger partial charge in [0.15, 0.2) is 0 Å². The standard InChI is InChI=1S/C42H26OS/c1-2-9-27(10-3-1)28-19-21-29(22-20-28)30-11-6-12-31(25-30)33-14-7-16-36-37-17-8-15-34(42(37)44-41(33)36)32-23-24-40-38(26-32)35-13-4-5-18-39(35)43-40/h1-26H. The number of thiophene rings is 1. The molecule has 0 saturated heterocycles. The summed E-state index contributed by atoms with van der Waals surface area (Å²) in [6.45, 7) is 0. The molecule has 0 fully saturated rings. The molecule has 0 spiro atoms. The minimum absolute atomic E-state index is 0.926. The van der Waals surface area contributed by atoms with Crippen molar-refractivity contribution >= 4 is 53.4 Å². The van der Waals surface area contributed by atoms with Crippen LogP contribution in [0.4, 0.5) is 0 Å². The molecule has 9 rings (SSSR count). The Kier molecular flexibility index (Phi) is 5.75. The van der Waals surface area contributed by atoms with Crippen LogP contribution in [0.25, 0.3) is 86.6 Å². The number of fused-ring (bicyclic) bond motifs is 6. The lowest BCUT2D eigenvalue weighted by molar-refractivity contribution is 0.669. The fraction of sp³-hybridized carbons (Fsp3) is 0. The summed E-state index contributed by atoms with van der Waals surface area (Å²) in [5.74, 6) is 0. The lowest BCUT2D eigenvalue weighted by Gasteiger charge is -2.08. The van der Waals surface area contributed by atoms with E-state index in [0.29, 0.717) is 0 Å². The molecule has 0 amide bonds. The Balaban J connectivity index is 1.15. The van der Waals surface area contributed by atoms with Gasteiger partial charge in [-0.05, 0) is 68.8 Å². The molecule has 0 bridgehead atoms. The van der Waals surface area contributed by atoms with Gasteiger partial charge in [-0.1, -0.05) is 133 Å². The molecule has 0 N–H and O–H groups in total. The van der Waals surface area contributed by atoms with Gasteiger partial charge in [-0.3, -0.25) is 0 Å². The molecule has 2 aromatic heterocycles. The number of hydrogen-bond donors (Lipinski definition) is 0. The molecule has 2 heteroatoms. The first-order valence-electron chi connectivity index (χ1n) is 14.9. The van der Waals surface area contributed by atoms with E-state index in [1.54, 1.807) is 0 Å². The van der Waals surface area contributed by atoms with E-state index in [9.17, 15) is 0 Å². The molecular formula is C42H26OS. The second kappa shape index (κ2) is 10.1. The summed E-state index contributed by atoms with van der Waals surface area (Å²) in [6.07, 6.45) is 0. The first-order valence-corrected chi connectivity index (χ1v) is 15.7. The molecule has 0 aliphatic heterocycles. The molecule has 0 saturated carbocycles. The second-order valence-corrected chi connectivity index (χ2v) is 12.3. The van der Waals surface area contributed by atoms with E-state index in [1.807, 2.05) is 23.5 Å². The topological polar surface area (TPSA) is 13.1 Å². The normalized spacial score (nSPS) is 11.6. The average molecular weight is 579 g/mol. The van der Waals surface area contributed by atoms with Gasteiger partial charge < -0.3 is 4.42 Å². The SMILES string of the molecule is c1ccc(-c2ccc(-c3cccc(-c4cccc5c4sc4c(-c6ccc7oc8ccccc8c7c6)cccc45)c3)cc2)cc1. The Morgan fingerprint density at radius 1 is 0.318 bits per heavy atom. The number of para-hydroxylation sites is 1. The van der Waals surface area contributed by atoms with Gasteiger partial charge in [0.1, 0.15) is 11.2 Å². The Morgan fingerprint density at radius 2 is 0.818 bits per heavy atom. The van der Waals surface area contributed by atoms with Crippen molar-refractivity contribution in [3.05, 3.63) is 158 Å². The minimum atomic E-state index is 0.926. The summed E-state index contributed by atoms with van der Waals surface area (Å²) in [5, 5.41) is 4.92. The largest absolute Gasteiger partial charge is 0.456 e. The van der Waals surface area contributed by atoms with Gasteiger partial charge in [0, 0.05) is 30.9 Å². The second-order valence-electron chi connectivity index (χ2n) is 11.3. The van der Waals surface area contributed by atoms with E-state index in [4.69, 9.17) is 4.42 Å². The molecule has 44 heavy (non-hydrogen) atoms. The van der Waals surface area contributed by atoms with Crippen molar-refractivity contribution < 1.29 is 4.42 Å². The lowest BCUT2D eigenvalue weighted by atomic mass is 9.96. The third-order valence-electron chi connectivity index (χ3n) is 8.71. The molecule has 1 nitrogen and oxygen atoms in total. The van der Waals surface area contributed by atoms with Crippen LogP contribution in [0.5, 0.6) is 0 Å². The number of hydrogen-bond acceptors (Lipinski definition) is 2. The Labute approximate surface area is 259 Å². The minimum Gasteiger partial charge on any atom is -0.456 e. The molecule has 0 unspecified atom stereocenters. The third kappa shape index (κ3) is 4.07. The van der Waals surface area contributed by atoms with Gasteiger partial charge in [0.2, 0.25) is 0 Å². The first kappa shape index (κ1) is 25.1. The van der Waals surface area contributed by atoms with Crippen molar-refractivity contribution in [2.24, 2.45) is 0 Å². The summed E-state index contributed by atoms with van der Waals surface area (Å²) in [5.41, 5.74) is 11.7. The zero-order valence-corrected chi connectivity index (χ0v) is 24.6. The average Bonchev–Trinajstić information content (AvgIpc) is 3.67. The zero-order valence-electron chi connectivity index (χ0n) is 23.8. The van der Waals surface area contributed by atoms with E-state index >= 15 is 0 Å². The van der Waals surface area contributed by atoms with Crippen LogP contribution in [-0.4, -0.2) is 0 Å². The predicted octanol–water partition coefficient (Wildman–Crippen LogP) is 12.6. The van der Waals surface area contributed by atoms with Gasteiger partial charge in [-0.15, -0.1) is 11.3 Å². The molecule has 7 aromatic carbocycles. The molecule has 206 valence electrons. The molecular weight excluding hydrogens is 553 g/mol. The summed E-state index contributed by atoms with van der Waals surface area (Å²) < 4.78 is 8.75. The molecule has 0 atom stereocenters. The van der Waals surface area contributed by atoms with Crippen molar-refractivity contribution in [1.29, 1.82) is 0 Å². The molecule has 9 aromatic rings. The van der Waals surface area contributed by atoms with Crippen molar-refractivity contribution in [3.8, 4) is 44.5 Å². The highest BCUT2D eigenvalue weighted by atomic mass is 32.1. The smallest absolute Gasteiger partial charge is 0.135 e. The molecule has 0 radical (unpaired) electrons. The quantitative estimate of drug-likeness (QED) is 0.202. The van der Waals surface area contributed by atoms with E-state index in [1.165, 1.54) is 64.7 Å². The fourth-order valence-corrected chi connectivity index (χ4v) is 7.89. The van der Waals surface area contributed by atoms with Crippen molar-refractivity contribution in [1.82, 2.24) is 0 Å². The summed E-state index contributed by atoms with van der Waals surface area (Å²) >= 11 is 1.89. The first-order chi connectivity index (χ1) is 21.8. The maximum atomic E-state index is 6.11. The van der Waals surface area contributed by atoms with Crippen LogP contribution < -0.4 is 0 Å². The van der Waals surface area contributed by atoms with Gasteiger partial charge in [0.05, 0.1) is 0 Å². The summed E-state index contributed by atoms with van der Waals surface area (Å²) in [7, 11) is 0. The highest BCUT2D eigenvalue weighted by Gasteiger charge is 2.15. The number of rotatable bonds is 4. The maximum Gasteiger partial charge on any atom is 0.135 e. The zero-order chi connectivity index (χ0) is 29.0. The highest BCUT2D eigenvalue weighted by molar-refractivity contribution is 7.26. The van der Waals surface area contributed by atoms with E-state index in [-0.39, 0.29) is 0 Å². The summed E-state index contributed by atoms with van der Waals surface area (Å²) in [4.78, 5) is 0. The van der Waals surface area contributed by atoms with Crippen LogP contribution in [0.3, 0.4) is 0 Å². The van der Waals surface area contributed by atoms with Gasteiger partial charge in [0.25, 0.3) is 0 Å². The van der Waals surface area contributed by atoms with E-state index in [2.05, 4.69) is 146 Å². The van der Waals surface area contributed by atoms with Crippen LogP contribution in [0.2, 0.25) is 0 Å².